The van der Waals surface area contributed by atoms with Crippen LogP contribution in [0.25, 0.3) is 0 Å². The Morgan fingerprint density at radius 2 is 1.30 bits per heavy atom. The summed E-state index contributed by atoms with van der Waals surface area (Å²) in [4.78, 5) is 22.6. The van der Waals surface area contributed by atoms with E-state index in [1.807, 2.05) is 0 Å². The molecule has 0 spiro atoms. The molecule has 14 nitrogen and oxygen atoms in total. The zero-order chi connectivity index (χ0) is 29.8. The number of aliphatic carboxylic acids is 1. The number of ether oxygens (including phenoxy) is 5. The van der Waals surface area contributed by atoms with E-state index in [0.717, 1.165) is 44.9 Å². The monoisotopic (exact) mass is 580 g/mol. The van der Waals surface area contributed by atoms with Crippen LogP contribution in [-0.2, 0) is 33.3 Å². The van der Waals surface area contributed by atoms with E-state index < -0.39 is 74.0 Å². The summed E-state index contributed by atoms with van der Waals surface area (Å²) in [5.41, 5.74) is 0.391. The highest BCUT2D eigenvalue weighted by atomic mass is 16.7. The van der Waals surface area contributed by atoms with Crippen LogP contribution in [0.2, 0.25) is 0 Å². The third-order valence-corrected chi connectivity index (χ3v) is 6.83. The molecule has 0 aromatic rings. The maximum Gasteiger partial charge on any atom is 0.335 e. The largest absolute Gasteiger partial charge is 0.479 e. The second-order valence-electron chi connectivity index (χ2n) is 10.2. The Labute approximate surface area is 233 Å². The summed E-state index contributed by atoms with van der Waals surface area (Å²) in [6, 6.07) is 0. The minimum Gasteiger partial charge on any atom is -0.479 e. The molecule has 0 aliphatic carbocycles. The van der Waals surface area contributed by atoms with E-state index in [-0.39, 0.29) is 12.6 Å². The van der Waals surface area contributed by atoms with E-state index in [2.05, 4.69) is 6.58 Å². The van der Waals surface area contributed by atoms with Crippen molar-refractivity contribution in [2.24, 2.45) is 0 Å². The van der Waals surface area contributed by atoms with Crippen LogP contribution in [0.15, 0.2) is 12.2 Å². The highest BCUT2D eigenvalue weighted by Gasteiger charge is 2.52. The zero-order valence-electron chi connectivity index (χ0n) is 22.7. The Hall–Kier alpha value is -1.72. The van der Waals surface area contributed by atoms with Crippen LogP contribution in [0.3, 0.4) is 0 Å². The summed E-state index contributed by atoms with van der Waals surface area (Å²) in [7, 11) is 0. The van der Waals surface area contributed by atoms with E-state index in [0.29, 0.717) is 18.6 Å². The first-order valence-corrected chi connectivity index (χ1v) is 13.6. The van der Waals surface area contributed by atoms with Crippen molar-refractivity contribution in [3.63, 3.8) is 0 Å². The SMILES string of the molecule is C=C(C)C(=O)OCCCCCCCCCCO[C@@H]1O[C@H](CO)[C@@H](O[C@@H]2O[C@H](C(=O)O)[C@@H](O)[C@H](O)[C@H]2O)[C@H](O)[C@H]1O. The third kappa shape index (κ3) is 9.98. The maximum atomic E-state index is 11.3. The average Bonchev–Trinajstić information content (AvgIpc) is 2.92. The number of esters is 1. The zero-order valence-corrected chi connectivity index (χ0v) is 22.7. The smallest absolute Gasteiger partial charge is 0.335 e. The van der Waals surface area contributed by atoms with Gasteiger partial charge >= 0.3 is 11.9 Å². The molecule has 0 aromatic heterocycles. The van der Waals surface area contributed by atoms with Crippen LogP contribution < -0.4 is 0 Å². The summed E-state index contributed by atoms with van der Waals surface area (Å²) in [6.45, 7) is 5.08. The molecule has 10 atom stereocenters. The van der Waals surface area contributed by atoms with Crippen LogP contribution in [0, 0.1) is 0 Å². The molecule has 0 aromatic carbocycles. The molecule has 0 saturated carbocycles. The number of carboxylic acids is 1. The lowest BCUT2D eigenvalue weighted by Gasteiger charge is -2.45. The van der Waals surface area contributed by atoms with Gasteiger partial charge in [-0.3, -0.25) is 0 Å². The summed E-state index contributed by atoms with van der Waals surface area (Å²) in [5, 5.41) is 70.0. The fourth-order valence-electron chi connectivity index (χ4n) is 4.43. The van der Waals surface area contributed by atoms with Crippen LogP contribution >= 0.6 is 0 Å². The van der Waals surface area contributed by atoms with Crippen molar-refractivity contribution in [3.8, 4) is 0 Å². The summed E-state index contributed by atoms with van der Waals surface area (Å²) in [6.07, 6.45) is -9.33. The van der Waals surface area contributed by atoms with Crippen LogP contribution in [-0.4, -0.2) is 129 Å². The Morgan fingerprint density at radius 3 is 1.85 bits per heavy atom. The summed E-state index contributed by atoms with van der Waals surface area (Å²) < 4.78 is 26.6. The van der Waals surface area contributed by atoms with Crippen molar-refractivity contribution >= 4 is 11.9 Å². The maximum absolute atomic E-state index is 11.3. The fraction of sp³-hybridized carbons (Fsp3) is 0.846. The molecule has 2 rings (SSSR count). The number of hydrogen-bond donors (Lipinski definition) is 7. The lowest BCUT2D eigenvalue weighted by molar-refractivity contribution is -0.355. The molecule has 2 aliphatic rings. The highest BCUT2D eigenvalue weighted by Crippen LogP contribution is 2.29. The molecule has 2 heterocycles. The number of aliphatic hydroxyl groups excluding tert-OH is 6. The van der Waals surface area contributed by atoms with Crippen LogP contribution in [0.5, 0.6) is 0 Å². The van der Waals surface area contributed by atoms with Gasteiger partial charge < -0.3 is 59.4 Å². The van der Waals surface area contributed by atoms with E-state index in [1.165, 1.54) is 0 Å². The van der Waals surface area contributed by atoms with Gasteiger partial charge in [0.25, 0.3) is 0 Å². The van der Waals surface area contributed by atoms with Crippen molar-refractivity contribution in [1.29, 1.82) is 0 Å². The number of aliphatic hydroxyl groups is 6. The molecule has 0 amide bonds. The predicted molar refractivity (Wildman–Crippen MR) is 136 cm³/mol. The number of carbonyl (C=O) groups is 2. The Morgan fingerprint density at radius 1 is 0.750 bits per heavy atom. The van der Waals surface area contributed by atoms with Gasteiger partial charge in [-0.2, -0.15) is 0 Å². The molecule has 14 heteroatoms. The van der Waals surface area contributed by atoms with Crippen LogP contribution in [0.1, 0.15) is 58.3 Å². The second kappa shape index (κ2) is 17.3. The molecule has 232 valence electrons. The fourth-order valence-corrected chi connectivity index (χ4v) is 4.43. The van der Waals surface area contributed by atoms with Crippen molar-refractivity contribution in [2.45, 2.75) is 120 Å². The minimum absolute atomic E-state index is 0.223. The van der Waals surface area contributed by atoms with Gasteiger partial charge in [0.2, 0.25) is 0 Å². The summed E-state index contributed by atoms with van der Waals surface area (Å²) >= 11 is 0. The molecule has 40 heavy (non-hydrogen) atoms. The Balaban J connectivity index is 1.68. The molecular weight excluding hydrogens is 536 g/mol. The van der Waals surface area contributed by atoms with Gasteiger partial charge in [0.05, 0.1) is 13.2 Å². The van der Waals surface area contributed by atoms with Gasteiger partial charge in [0, 0.05) is 12.2 Å². The van der Waals surface area contributed by atoms with E-state index in [4.69, 9.17) is 23.7 Å². The normalized spacial score (nSPS) is 34.4. The van der Waals surface area contributed by atoms with Crippen LogP contribution in [0.4, 0.5) is 0 Å². The topological polar surface area (TPSA) is 222 Å². The molecule has 2 fully saturated rings. The number of carboxylic acid groups (broad SMARTS) is 1. The second-order valence-corrected chi connectivity index (χ2v) is 10.2. The standard InChI is InChI=1S/C26H44O14/c1-14(2)24(35)36-11-9-7-5-3-4-6-8-10-12-37-25-20(32)18(30)21(15(13-27)38-25)39-26-19(31)16(28)17(29)22(40-26)23(33)34/h15-22,25-32H,1,3-13H2,2H3,(H,33,34)/t15-,16+,17+,18-,19-,20-,21-,22+,25-,26-/m1/s1. The van der Waals surface area contributed by atoms with Gasteiger partial charge in [-0.25, -0.2) is 9.59 Å². The average molecular weight is 581 g/mol. The predicted octanol–water partition coefficient (Wildman–Crippen LogP) is -1.04. The first kappa shape index (κ1) is 34.5. The van der Waals surface area contributed by atoms with E-state index in [1.54, 1.807) is 6.92 Å². The van der Waals surface area contributed by atoms with Crippen molar-refractivity contribution < 1.29 is 69.0 Å². The van der Waals surface area contributed by atoms with Gasteiger partial charge in [0.15, 0.2) is 18.7 Å². The quantitative estimate of drug-likeness (QED) is 0.0620. The molecular formula is C26H44O14. The first-order valence-electron chi connectivity index (χ1n) is 13.6. The molecule has 0 radical (unpaired) electrons. The number of hydrogen-bond acceptors (Lipinski definition) is 13. The third-order valence-electron chi connectivity index (χ3n) is 6.83. The minimum atomic E-state index is -1.93. The van der Waals surface area contributed by atoms with E-state index in [9.17, 15) is 45.3 Å². The van der Waals surface area contributed by atoms with Crippen molar-refractivity contribution in [3.05, 3.63) is 12.2 Å². The number of rotatable bonds is 17. The number of unbranched alkanes of at least 4 members (excludes halogenated alkanes) is 7. The van der Waals surface area contributed by atoms with Gasteiger partial charge in [0.1, 0.15) is 42.7 Å². The van der Waals surface area contributed by atoms with Gasteiger partial charge in [-0.15, -0.1) is 0 Å². The molecule has 7 N–H and O–H groups in total. The molecule has 0 bridgehead atoms. The molecule has 0 unspecified atom stereocenters. The van der Waals surface area contributed by atoms with Crippen molar-refractivity contribution in [1.82, 2.24) is 0 Å². The van der Waals surface area contributed by atoms with Gasteiger partial charge in [-0.05, 0) is 19.8 Å². The van der Waals surface area contributed by atoms with Crippen molar-refractivity contribution in [2.75, 3.05) is 19.8 Å². The first-order chi connectivity index (χ1) is 19.0. The Bertz CT molecular complexity index is 791. The summed E-state index contributed by atoms with van der Waals surface area (Å²) in [5.74, 6) is -1.98. The Kier molecular flexibility index (Phi) is 14.9. The number of carbonyl (C=O) groups excluding carboxylic acids is 1. The molecule has 2 saturated heterocycles. The molecule has 2 aliphatic heterocycles. The lowest BCUT2D eigenvalue weighted by atomic mass is 9.97. The van der Waals surface area contributed by atoms with Gasteiger partial charge in [-0.1, -0.05) is 45.1 Å². The van der Waals surface area contributed by atoms with E-state index >= 15 is 0 Å². The lowest BCUT2D eigenvalue weighted by Crippen LogP contribution is -2.65. The highest BCUT2D eigenvalue weighted by molar-refractivity contribution is 5.86.